The molecule has 1 saturated heterocycles. The summed E-state index contributed by atoms with van der Waals surface area (Å²) in [6.45, 7) is 4.05. The van der Waals surface area contributed by atoms with Crippen molar-refractivity contribution >= 4 is 20.9 Å². The molecule has 2 aromatic rings. The van der Waals surface area contributed by atoms with Crippen LogP contribution in [0.25, 0.3) is 11.0 Å². The average molecular weight is 279 g/mol. The van der Waals surface area contributed by atoms with E-state index in [-0.39, 0.29) is 5.41 Å². The van der Waals surface area contributed by atoms with Gasteiger partial charge in [-0.1, -0.05) is 6.92 Å². The normalized spacial score (nSPS) is 24.1. The molecule has 0 radical (unpaired) electrons. The molecule has 1 atom stereocenters. The molecule has 102 valence electrons. The fourth-order valence-corrected chi connectivity index (χ4v) is 3.17. The molecule has 2 N–H and O–H groups in total. The summed E-state index contributed by atoms with van der Waals surface area (Å²) >= 11 is 0. The standard InChI is InChI=1S/C13H17N3O2S/c1-13(5-6-14-8-13)12-15-10-4-3-9(19(2,17)18)7-11(10)16-12/h3-4,7,14H,5-6,8H2,1-2H3,(H,15,16). The SMILES string of the molecule is CC1(c2nc3ccc(S(C)(=O)=O)cc3[nH]2)CCNC1. The molecule has 5 nitrogen and oxygen atoms in total. The number of benzene rings is 1. The van der Waals surface area contributed by atoms with Crippen LogP contribution in [-0.2, 0) is 15.3 Å². The molecule has 1 aliphatic rings. The summed E-state index contributed by atoms with van der Waals surface area (Å²) in [5.74, 6) is 0.929. The van der Waals surface area contributed by atoms with E-state index in [9.17, 15) is 8.42 Å². The van der Waals surface area contributed by atoms with Crippen molar-refractivity contribution in [3.05, 3.63) is 24.0 Å². The van der Waals surface area contributed by atoms with Gasteiger partial charge in [-0.05, 0) is 31.2 Å². The number of aromatic amines is 1. The zero-order valence-electron chi connectivity index (χ0n) is 11.0. The summed E-state index contributed by atoms with van der Waals surface area (Å²) in [5, 5.41) is 3.34. The van der Waals surface area contributed by atoms with Crippen molar-refractivity contribution in [1.29, 1.82) is 0 Å². The lowest BCUT2D eigenvalue weighted by molar-refractivity contribution is 0.496. The Morgan fingerprint density at radius 3 is 2.79 bits per heavy atom. The molecule has 6 heteroatoms. The second kappa shape index (κ2) is 4.05. The molecule has 0 amide bonds. The molecule has 0 bridgehead atoms. The molecule has 2 heterocycles. The van der Waals surface area contributed by atoms with Crippen molar-refractivity contribution in [3.63, 3.8) is 0 Å². The lowest BCUT2D eigenvalue weighted by Crippen LogP contribution is -2.26. The quantitative estimate of drug-likeness (QED) is 0.866. The molecule has 1 aromatic carbocycles. The van der Waals surface area contributed by atoms with E-state index >= 15 is 0 Å². The number of imidazole rings is 1. The van der Waals surface area contributed by atoms with Crippen molar-refractivity contribution in [2.75, 3.05) is 19.3 Å². The van der Waals surface area contributed by atoms with Crippen LogP contribution in [0.2, 0.25) is 0 Å². The van der Waals surface area contributed by atoms with Crippen LogP contribution >= 0.6 is 0 Å². The number of sulfone groups is 1. The number of nitrogens with one attached hydrogen (secondary N) is 2. The van der Waals surface area contributed by atoms with E-state index in [0.717, 1.165) is 36.4 Å². The molecule has 0 aliphatic carbocycles. The minimum Gasteiger partial charge on any atom is -0.341 e. The van der Waals surface area contributed by atoms with Crippen LogP contribution < -0.4 is 5.32 Å². The topological polar surface area (TPSA) is 74.8 Å². The van der Waals surface area contributed by atoms with Gasteiger partial charge in [0.25, 0.3) is 0 Å². The Bertz CT molecular complexity index is 727. The number of H-pyrrole nitrogens is 1. The second-order valence-corrected chi connectivity index (χ2v) is 7.54. The predicted octanol–water partition coefficient (Wildman–Crippen LogP) is 1.22. The molecule has 3 rings (SSSR count). The summed E-state index contributed by atoms with van der Waals surface area (Å²) in [4.78, 5) is 8.20. The molecule has 1 fully saturated rings. The second-order valence-electron chi connectivity index (χ2n) is 5.52. The van der Waals surface area contributed by atoms with E-state index in [2.05, 4.69) is 22.2 Å². The third kappa shape index (κ3) is 2.15. The third-order valence-electron chi connectivity index (χ3n) is 3.82. The maximum atomic E-state index is 11.6. The fraction of sp³-hybridized carbons (Fsp3) is 0.462. The van der Waals surface area contributed by atoms with Gasteiger partial charge < -0.3 is 10.3 Å². The number of fused-ring (bicyclic) bond motifs is 1. The van der Waals surface area contributed by atoms with E-state index < -0.39 is 9.84 Å². The molecule has 1 aromatic heterocycles. The van der Waals surface area contributed by atoms with Gasteiger partial charge in [-0.2, -0.15) is 0 Å². The predicted molar refractivity (Wildman–Crippen MR) is 74.0 cm³/mol. The molecular formula is C13H17N3O2S. The third-order valence-corrected chi connectivity index (χ3v) is 4.93. The van der Waals surface area contributed by atoms with Crippen LogP contribution in [-0.4, -0.2) is 37.7 Å². The molecular weight excluding hydrogens is 262 g/mol. The van der Waals surface area contributed by atoms with E-state index in [1.807, 2.05) is 0 Å². The van der Waals surface area contributed by atoms with Gasteiger partial charge in [-0.15, -0.1) is 0 Å². The van der Waals surface area contributed by atoms with Crippen molar-refractivity contribution < 1.29 is 8.42 Å². The highest BCUT2D eigenvalue weighted by Gasteiger charge is 2.33. The Hall–Kier alpha value is -1.40. The first-order valence-electron chi connectivity index (χ1n) is 6.30. The Morgan fingerprint density at radius 1 is 1.37 bits per heavy atom. The van der Waals surface area contributed by atoms with Gasteiger partial charge in [-0.3, -0.25) is 0 Å². The Morgan fingerprint density at radius 2 is 2.16 bits per heavy atom. The first-order chi connectivity index (χ1) is 8.88. The van der Waals surface area contributed by atoms with Gasteiger partial charge in [0.1, 0.15) is 5.82 Å². The van der Waals surface area contributed by atoms with Crippen molar-refractivity contribution in [2.45, 2.75) is 23.7 Å². The van der Waals surface area contributed by atoms with Crippen molar-refractivity contribution in [1.82, 2.24) is 15.3 Å². The van der Waals surface area contributed by atoms with Gasteiger partial charge in [0.2, 0.25) is 0 Å². The summed E-state index contributed by atoms with van der Waals surface area (Å²) in [6, 6.07) is 5.03. The van der Waals surface area contributed by atoms with Crippen LogP contribution in [0.3, 0.4) is 0 Å². The van der Waals surface area contributed by atoms with Crippen LogP contribution in [0.4, 0.5) is 0 Å². The van der Waals surface area contributed by atoms with Crippen molar-refractivity contribution in [3.8, 4) is 0 Å². The number of hydrogen-bond donors (Lipinski definition) is 2. The zero-order chi connectivity index (χ0) is 13.7. The van der Waals surface area contributed by atoms with Crippen LogP contribution in [0, 0.1) is 0 Å². The maximum Gasteiger partial charge on any atom is 0.175 e. The number of aromatic nitrogens is 2. The number of nitrogens with zero attached hydrogens (tertiary/aromatic N) is 1. The zero-order valence-corrected chi connectivity index (χ0v) is 11.8. The first kappa shape index (κ1) is 12.6. The van der Waals surface area contributed by atoms with Gasteiger partial charge in [0, 0.05) is 18.2 Å². The summed E-state index contributed by atoms with van der Waals surface area (Å²) in [6.07, 6.45) is 2.25. The summed E-state index contributed by atoms with van der Waals surface area (Å²) in [7, 11) is -3.18. The average Bonchev–Trinajstić information content (AvgIpc) is 2.93. The smallest absolute Gasteiger partial charge is 0.175 e. The van der Waals surface area contributed by atoms with Gasteiger partial charge >= 0.3 is 0 Å². The largest absolute Gasteiger partial charge is 0.341 e. The highest BCUT2D eigenvalue weighted by molar-refractivity contribution is 7.90. The molecule has 19 heavy (non-hydrogen) atoms. The van der Waals surface area contributed by atoms with E-state index in [1.165, 1.54) is 6.26 Å². The highest BCUT2D eigenvalue weighted by Crippen LogP contribution is 2.29. The Kier molecular flexibility index (Phi) is 2.69. The first-order valence-corrected chi connectivity index (χ1v) is 8.19. The minimum absolute atomic E-state index is 0.00424. The lowest BCUT2D eigenvalue weighted by atomic mass is 9.89. The van der Waals surface area contributed by atoms with E-state index in [0.29, 0.717) is 4.90 Å². The monoisotopic (exact) mass is 279 g/mol. The Balaban J connectivity index is 2.11. The maximum absolute atomic E-state index is 11.6. The summed E-state index contributed by atoms with van der Waals surface area (Å²) in [5.41, 5.74) is 1.60. The van der Waals surface area contributed by atoms with E-state index in [4.69, 9.17) is 0 Å². The van der Waals surface area contributed by atoms with Crippen LogP contribution in [0.1, 0.15) is 19.2 Å². The number of hydrogen-bond acceptors (Lipinski definition) is 4. The molecule has 1 unspecified atom stereocenters. The molecule has 0 spiro atoms. The van der Waals surface area contributed by atoms with Crippen LogP contribution in [0.5, 0.6) is 0 Å². The highest BCUT2D eigenvalue weighted by atomic mass is 32.2. The van der Waals surface area contributed by atoms with Crippen molar-refractivity contribution in [2.24, 2.45) is 0 Å². The molecule has 1 aliphatic heterocycles. The van der Waals surface area contributed by atoms with E-state index in [1.54, 1.807) is 18.2 Å². The molecule has 0 saturated carbocycles. The Labute approximate surface area is 112 Å². The lowest BCUT2D eigenvalue weighted by Gasteiger charge is -2.18. The summed E-state index contributed by atoms with van der Waals surface area (Å²) < 4.78 is 23.1. The fourth-order valence-electron chi connectivity index (χ4n) is 2.52. The van der Waals surface area contributed by atoms with Gasteiger partial charge in [0.05, 0.1) is 15.9 Å². The number of rotatable bonds is 2. The van der Waals surface area contributed by atoms with Gasteiger partial charge in [-0.25, -0.2) is 13.4 Å². The minimum atomic E-state index is -3.18. The van der Waals surface area contributed by atoms with Crippen LogP contribution in [0.15, 0.2) is 23.1 Å². The van der Waals surface area contributed by atoms with Gasteiger partial charge in [0.15, 0.2) is 9.84 Å².